The van der Waals surface area contributed by atoms with Gasteiger partial charge in [0.05, 0.1) is 31.4 Å². The maximum Gasteiger partial charge on any atom is 0.343 e. The maximum absolute atomic E-state index is 13.3. The molecule has 0 amide bonds. The van der Waals surface area contributed by atoms with Crippen molar-refractivity contribution < 1.29 is 23.4 Å². The van der Waals surface area contributed by atoms with Crippen molar-refractivity contribution in [1.82, 2.24) is 0 Å². The molecule has 3 rings (SSSR count). The molecule has 5 nitrogen and oxygen atoms in total. The number of allylic oxidation sites excluding steroid dienone is 1. The highest BCUT2D eigenvalue weighted by Crippen LogP contribution is 2.32. The van der Waals surface area contributed by atoms with Crippen LogP contribution in [0.1, 0.15) is 21.5 Å². The smallest absolute Gasteiger partial charge is 0.343 e. The van der Waals surface area contributed by atoms with E-state index in [1.165, 1.54) is 25.3 Å². The van der Waals surface area contributed by atoms with E-state index in [-0.39, 0.29) is 11.3 Å². The van der Waals surface area contributed by atoms with Gasteiger partial charge in [0.2, 0.25) is 0 Å². The van der Waals surface area contributed by atoms with Crippen LogP contribution in [0.4, 0.5) is 4.39 Å². The van der Waals surface area contributed by atoms with E-state index in [0.29, 0.717) is 28.2 Å². The van der Waals surface area contributed by atoms with Crippen LogP contribution in [0.2, 0.25) is 0 Å². The molecule has 0 aliphatic rings. The normalized spacial score (nSPS) is 10.8. The molecular weight excluding hydrogens is 385 g/mol. The molecule has 0 saturated carbocycles. The molecule has 3 aromatic rings. The molecule has 0 bridgehead atoms. The van der Waals surface area contributed by atoms with Crippen molar-refractivity contribution >= 4 is 17.6 Å². The predicted octanol–water partition coefficient (Wildman–Crippen LogP) is 5.13. The molecule has 0 radical (unpaired) electrons. The Morgan fingerprint density at radius 3 is 2.40 bits per heavy atom. The lowest BCUT2D eigenvalue weighted by Crippen LogP contribution is -2.09. The third-order valence-electron chi connectivity index (χ3n) is 4.28. The van der Waals surface area contributed by atoms with E-state index in [9.17, 15) is 14.4 Å². The van der Waals surface area contributed by atoms with Gasteiger partial charge in [-0.1, -0.05) is 24.3 Å². The number of ether oxygens (including phenoxy) is 3. The number of carbonyl (C=O) groups excluding carboxylic acids is 1. The monoisotopic (exact) mass is 403 g/mol. The summed E-state index contributed by atoms with van der Waals surface area (Å²) < 4.78 is 29.3. The molecule has 3 aromatic carbocycles. The van der Waals surface area contributed by atoms with Crippen LogP contribution >= 0.6 is 0 Å². The second kappa shape index (κ2) is 9.39. The SMILES string of the molecule is COc1cc(/C=C(/C#N)c2ccccc2OC)ccc1OC(=O)c1cccc(F)c1. The quantitative estimate of drug-likeness (QED) is 0.247. The van der Waals surface area contributed by atoms with Crippen LogP contribution in [0.3, 0.4) is 0 Å². The van der Waals surface area contributed by atoms with Gasteiger partial charge in [0, 0.05) is 5.56 Å². The number of para-hydroxylation sites is 1. The summed E-state index contributed by atoms with van der Waals surface area (Å²) in [6.07, 6.45) is 1.68. The summed E-state index contributed by atoms with van der Waals surface area (Å²) in [5, 5.41) is 9.60. The molecule has 150 valence electrons. The van der Waals surface area contributed by atoms with Crippen molar-refractivity contribution in [3.8, 4) is 23.3 Å². The minimum absolute atomic E-state index is 0.0870. The average molecular weight is 403 g/mol. The summed E-state index contributed by atoms with van der Waals surface area (Å²) in [5.74, 6) is -0.177. The second-order valence-electron chi connectivity index (χ2n) is 6.18. The number of hydrogen-bond acceptors (Lipinski definition) is 5. The summed E-state index contributed by atoms with van der Waals surface area (Å²) in [7, 11) is 2.98. The van der Waals surface area contributed by atoms with Gasteiger partial charge >= 0.3 is 5.97 Å². The number of halogens is 1. The van der Waals surface area contributed by atoms with E-state index in [0.717, 1.165) is 6.07 Å². The van der Waals surface area contributed by atoms with E-state index in [4.69, 9.17) is 14.2 Å². The van der Waals surface area contributed by atoms with Crippen LogP contribution in [0.25, 0.3) is 11.6 Å². The van der Waals surface area contributed by atoms with Crippen LogP contribution in [0, 0.1) is 17.1 Å². The zero-order chi connectivity index (χ0) is 21.5. The lowest BCUT2D eigenvalue weighted by atomic mass is 10.0. The molecule has 0 atom stereocenters. The highest BCUT2D eigenvalue weighted by Gasteiger charge is 2.14. The van der Waals surface area contributed by atoms with Crippen molar-refractivity contribution in [3.05, 3.63) is 89.2 Å². The van der Waals surface area contributed by atoms with Crippen LogP contribution in [0.15, 0.2) is 66.7 Å². The molecule has 30 heavy (non-hydrogen) atoms. The number of esters is 1. The lowest BCUT2D eigenvalue weighted by molar-refractivity contribution is 0.0729. The van der Waals surface area contributed by atoms with Crippen LogP contribution in [-0.2, 0) is 0 Å². The fraction of sp³-hybridized carbons (Fsp3) is 0.0833. The number of methoxy groups -OCH3 is 2. The highest BCUT2D eigenvalue weighted by molar-refractivity contribution is 5.93. The zero-order valence-electron chi connectivity index (χ0n) is 16.4. The maximum atomic E-state index is 13.3. The largest absolute Gasteiger partial charge is 0.496 e. The Morgan fingerprint density at radius 2 is 1.70 bits per heavy atom. The van der Waals surface area contributed by atoms with Gasteiger partial charge in [0.15, 0.2) is 11.5 Å². The van der Waals surface area contributed by atoms with E-state index in [1.54, 1.807) is 43.5 Å². The van der Waals surface area contributed by atoms with Crippen LogP contribution < -0.4 is 14.2 Å². The summed E-state index contributed by atoms with van der Waals surface area (Å²) in [6, 6.07) is 19.5. The summed E-state index contributed by atoms with van der Waals surface area (Å²) in [4.78, 5) is 12.3. The second-order valence-corrected chi connectivity index (χ2v) is 6.18. The number of benzene rings is 3. The van der Waals surface area contributed by atoms with Gasteiger partial charge in [-0.05, 0) is 54.1 Å². The van der Waals surface area contributed by atoms with E-state index in [2.05, 4.69) is 6.07 Å². The minimum Gasteiger partial charge on any atom is -0.496 e. The first kappa shape index (κ1) is 20.6. The Bertz CT molecular complexity index is 1150. The molecule has 0 saturated heterocycles. The number of carbonyl (C=O) groups is 1. The molecule has 6 heteroatoms. The van der Waals surface area contributed by atoms with Crippen molar-refractivity contribution in [2.75, 3.05) is 14.2 Å². The Hall–Kier alpha value is -4.11. The van der Waals surface area contributed by atoms with Crippen LogP contribution in [-0.4, -0.2) is 20.2 Å². The van der Waals surface area contributed by atoms with Gasteiger partial charge in [0.1, 0.15) is 11.6 Å². The van der Waals surface area contributed by atoms with Crippen molar-refractivity contribution in [2.45, 2.75) is 0 Å². The molecule has 0 aromatic heterocycles. The van der Waals surface area contributed by atoms with Gasteiger partial charge in [-0.2, -0.15) is 5.26 Å². The Kier molecular flexibility index (Phi) is 6.46. The molecule has 0 unspecified atom stereocenters. The summed E-state index contributed by atoms with van der Waals surface area (Å²) in [6.45, 7) is 0. The minimum atomic E-state index is -0.706. The summed E-state index contributed by atoms with van der Waals surface area (Å²) >= 11 is 0. The van der Waals surface area contributed by atoms with E-state index >= 15 is 0 Å². The van der Waals surface area contributed by atoms with Crippen molar-refractivity contribution in [1.29, 1.82) is 5.26 Å². The number of nitrogens with zero attached hydrogens (tertiary/aromatic N) is 1. The van der Waals surface area contributed by atoms with Gasteiger partial charge in [-0.25, -0.2) is 9.18 Å². The molecule has 0 aliphatic heterocycles. The van der Waals surface area contributed by atoms with Gasteiger partial charge in [-0.15, -0.1) is 0 Å². The molecule has 0 spiro atoms. The van der Waals surface area contributed by atoms with Gasteiger partial charge in [0.25, 0.3) is 0 Å². The summed E-state index contributed by atoms with van der Waals surface area (Å²) in [5.41, 5.74) is 1.81. The third-order valence-corrected chi connectivity index (χ3v) is 4.28. The predicted molar refractivity (Wildman–Crippen MR) is 111 cm³/mol. The topological polar surface area (TPSA) is 68.6 Å². The molecule has 0 heterocycles. The fourth-order valence-corrected chi connectivity index (χ4v) is 2.84. The first-order valence-electron chi connectivity index (χ1n) is 8.96. The van der Waals surface area contributed by atoms with Gasteiger partial charge < -0.3 is 14.2 Å². The highest BCUT2D eigenvalue weighted by atomic mass is 19.1. The number of hydrogen-bond donors (Lipinski definition) is 0. The zero-order valence-corrected chi connectivity index (χ0v) is 16.4. The lowest BCUT2D eigenvalue weighted by Gasteiger charge is -2.11. The molecule has 0 N–H and O–H groups in total. The number of nitriles is 1. The average Bonchev–Trinajstić information content (AvgIpc) is 2.78. The van der Waals surface area contributed by atoms with Crippen molar-refractivity contribution in [2.24, 2.45) is 0 Å². The fourth-order valence-electron chi connectivity index (χ4n) is 2.84. The molecular formula is C24H18FNO4. The van der Waals surface area contributed by atoms with Gasteiger partial charge in [-0.3, -0.25) is 0 Å². The van der Waals surface area contributed by atoms with Crippen LogP contribution in [0.5, 0.6) is 17.2 Å². The molecule has 0 fully saturated rings. The standard InChI is InChI=1S/C24H18FNO4/c1-28-21-9-4-3-8-20(21)18(15-26)12-16-10-11-22(23(13-16)29-2)30-24(27)17-6-5-7-19(25)14-17/h3-14H,1-2H3/b18-12-. The first-order chi connectivity index (χ1) is 14.5. The third kappa shape index (κ3) is 4.65. The molecule has 0 aliphatic carbocycles. The van der Waals surface area contributed by atoms with Crippen molar-refractivity contribution in [3.63, 3.8) is 0 Å². The number of rotatable bonds is 6. The Labute approximate surface area is 173 Å². The van der Waals surface area contributed by atoms with E-state index in [1.807, 2.05) is 12.1 Å². The van der Waals surface area contributed by atoms with E-state index < -0.39 is 11.8 Å². The Balaban J connectivity index is 1.91. The Morgan fingerprint density at radius 1 is 0.933 bits per heavy atom. The first-order valence-corrected chi connectivity index (χ1v) is 8.96.